The molecule has 0 fully saturated rings. The minimum absolute atomic E-state index is 0. The summed E-state index contributed by atoms with van der Waals surface area (Å²) in [5.41, 5.74) is 1.96. The highest BCUT2D eigenvalue weighted by atomic mass is 35.5. The Morgan fingerprint density at radius 2 is 1.79 bits per heavy atom. The van der Waals surface area contributed by atoms with E-state index in [0.717, 1.165) is 11.4 Å². The first-order valence-corrected chi connectivity index (χ1v) is 5.64. The summed E-state index contributed by atoms with van der Waals surface area (Å²) in [6.45, 7) is 0. The highest BCUT2D eigenvalue weighted by Crippen LogP contribution is 2.19. The molecule has 0 aliphatic rings. The predicted molar refractivity (Wildman–Crippen MR) is 69.3 cm³/mol. The molecule has 1 heterocycles. The molecule has 0 amide bonds. The van der Waals surface area contributed by atoms with Gasteiger partial charge >= 0.3 is 5.95 Å². The van der Waals surface area contributed by atoms with Crippen molar-refractivity contribution >= 4 is 17.3 Å². The Bertz CT molecular complexity index is 539. The molecule has 7 heteroatoms. The maximum Gasteiger partial charge on any atom is 0.441 e. The number of halogens is 1. The SMILES string of the molecule is CN(C)c1ccc(/N=N/c2n(C)cn[n+]2C)cc1.[Cl-]. The van der Waals surface area contributed by atoms with Crippen molar-refractivity contribution in [3.63, 3.8) is 0 Å². The minimum Gasteiger partial charge on any atom is -1.00 e. The topological polar surface area (TPSA) is 49.7 Å². The fourth-order valence-corrected chi connectivity index (χ4v) is 1.54. The molecule has 102 valence electrons. The smallest absolute Gasteiger partial charge is 0.441 e. The number of hydrogen-bond acceptors (Lipinski definition) is 4. The summed E-state index contributed by atoms with van der Waals surface area (Å²) in [7, 11) is 7.73. The molecule has 0 spiro atoms. The summed E-state index contributed by atoms with van der Waals surface area (Å²) in [6, 6.07) is 7.90. The van der Waals surface area contributed by atoms with Crippen LogP contribution in [0.15, 0.2) is 40.8 Å². The van der Waals surface area contributed by atoms with Gasteiger partial charge in [0.25, 0.3) is 0 Å². The third-order valence-corrected chi connectivity index (χ3v) is 2.62. The average molecular weight is 281 g/mol. The van der Waals surface area contributed by atoms with E-state index in [2.05, 4.69) is 15.3 Å². The van der Waals surface area contributed by atoms with Crippen LogP contribution in [0.1, 0.15) is 0 Å². The van der Waals surface area contributed by atoms with E-state index in [4.69, 9.17) is 0 Å². The molecule has 6 nitrogen and oxygen atoms in total. The summed E-state index contributed by atoms with van der Waals surface area (Å²) in [4.78, 5) is 2.04. The Morgan fingerprint density at radius 3 is 2.26 bits per heavy atom. The zero-order valence-corrected chi connectivity index (χ0v) is 12.2. The molecule has 2 aromatic rings. The van der Waals surface area contributed by atoms with Gasteiger partial charge in [0.05, 0.1) is 14.1 Å². The molecular formula is C12H17ClN6. The van der Waals surface area contributed by atoms with Crippen LogP contribution in [-0.4, -0.2) is 23.8 Å². The fraction of sp³-hybridized carbons (Fsp3) is 0.333. The van der Waals surface area contributed by atoms with Gasteiger partial charge < -0.3 is 17.3 Å². The normalized spacial score (nSPS) is 10.5. The fourth-order valence-electron chi connectivity index (χ4n) is 1.54. The molecule has 2 rings (SSSR count). The molecule has 1 aromatic heterocycles. The Kier molecular flexibility index (Phi) is 5.00. The Balaban J connectivity index is 0.00000180. The zero-order valence-electron chi connectivity index (χ0n) is 11.4. The van der Waals surface area contributed by atoms with Gasteiger partial charge in [0.1, 0.15) is 5.69 Å². The van der Waals surface area contributed by atoms with Crippen molar-refractivity contribution in [2.45, 2.75) is 0 Å². The molecule has 19 heavy (non-hydrogen) atoms. The van der Waals surface area contributed by atoms with E-state index in [1.165, 1.54) is 0 Å². The van der Waals surface area contributed by atoms with E-state index in [9.17, 15) is 0 Å². The van der Waals surface area contributed by atoms with E-state index >= 15 is 0 Å². The van der Waals surface area contributed by atoms with Crippen LogP contribution in [0.25, 0.3) is 0 Å². The van der Waals surface area contributed by atoms with Crippen LogP contribution in [0.4, 0.5) is 17.3 Å². The summed E-state index contributed by atoms with van der Waals surface area (Å²) >= 11 is 0. The predicted octanol–water partition coefficient (Wildman–Crippen LogP) is -1.27. The number of hydrogen-bond donors (Lipinski definition) is 0. The third kappa shape index (κ3) is 3.51. The third-order valence-electron chi connectivity index (χ3n) is 2.62. The zero-order chi connectivity index (χ0) is 13.1. The molecule has 0 bridgehead atoms. The average Bonchev–Trinajstić information content (AvgIpc) is 2.67. The van der Waals surface area contributed by atoms with Gasteiger partial charge in [-0.1, -0.05) is 10.2 Å². The summed E-state index contributed by atoms with van der Waals surface area (Å²) in [5.74, 6) is 0.701. The lowest BCUT2D eigenvalue weighted by atomic mass is 10.3. The van der Waals surface area contributed by atoms with E-state index in [0.29, 0.717) is 5.95 Å². The second-order valence-electron chi connectivity index (χ2n) is 4.28. The van der Waals surface area contributed by atoms with Crippen molar-refractivity contribution in [1.29, 1.82) is 0 Å². The lowest BCUT2D eigenvalue weighted by Gasteiger charge is -2.11. The standard InChI is InChI=1S/C12H17N6.ClH/c1-16(2)11-7-5-10(6-8-11)14-15-12-17(3)9-13-18(12)4;/h5-9H,1-4H3;1H/q+1;/p-1. The lowest BCUT2D eigenvalue weighted by molar-refractivity contribution is -0.716. The first-order valence-electron chi connectivity index (χ1n) is 5.64. The summed E-state index contributed by atoms with van der Waals surface area (Å²) in [5, 5.41) is 12.5. The quantitative estimate of drug-likeness (QED) is 0.520. The Morgan fingerprint density at radius 1 is 1.16 bits per heavy atom. The number of benzene rings is 1. The van der Waals surface area contributed by atoms with Crippen molar-refractivity contribution in [2.24, 2.45) is 24.3 Å². The lowest BCUT2D eigenvalue weighted by Crippen LogP contribution is -3.00. The molecule has 0 atom stereocenters. The van der Waals surface area contributed by atoms with Crippen molar-refractivity contribution < 1.29 is 17.1 Å². The van der Waals surface area contributed by atoms with Crippen LogP contribution in [0.2, 0.25) is 0 Å². The van der Waals surface area contributed by atoms with Crippen LogP contribution in [-0.2, 0) is 14.1 Å². The van der Waals surface area contributed by atoms with Gasteiger partial charge in [-0.2, -0.15) is 0 Å². The van der Waals surface area contributed by atoms with E-state index in [-0.39, 0.29) is 12.4 Å². The van der Waals surface area contributed by atoms with Gasteiger partial charge in [0.2, 0.25) is 0 Å². The van der Waals surface area contributed by atoms with Gasteiger partial charge in [-0.3, -0.25) is 0 Å². The summed E-state index contributed by atoms with van der Waals surface area (Å²) < 4.78 is 3.50. The van der Waals surface area contributed by atoms with Gasteiger partial charge in [0.15, 0.2) is 6.33 Å². The van der Waals surface area contributed by atoms with Crippen molar-refractivity contribution in [3.8, 4) is 0 Å². The molecule has 0 saturated carbocycles. The number of azo groups is 1. The maximum atomic E-state index is 4.20. The van der Waals surface area contributed by atoms with Crippen LogP contribution < -0.4 is 22.0 Å². The first-order chi connectivity index (χ1) is 8.58. The first kappa shape index (κ1) is 15.1. The second kappa shape index (κ2) is 6.29. The van der Waals surface area contributed by atoms with Crippen LogP contribution in [0, 0.1) is 0 Å². The van der Waals surface area contributed by atoms with E-state index in [1.807, 2.05) is 61.9 Å². The molecule has 0 radical (unpaired) electrons. The molecule has 0 aliphatic carbocycles. The molecule has 1 aromatic carbocycles. The van der Waals surface area contributed by atoms with Gasteiger partial charge in [0, 0.05) is 24.9 Å². The Hall–Kier alpha value is -1.95. The van der Waals surface area contributed by atoms with Crippen LogP contribution >= 0.6 is 0 Å². The maximum absolute atomic E-state index is 4.20. The van der Waals surface area contributed by atoms with E-state index < -0.39 is 0 Å². The van der Waals surface area contributed by atoms with Crippen molar-refractivity contribution in [1.82, 2.24) is 9.67 Å². The highest BCUT2D eigenvalue weighted by Gasteiger charge is 2.11. The Labute approximate surface area is 118 Å². The minimum atomic E-state index is 0. The van der Waals surface area contributed by atoms with Gasteiger partial charge in [-0.05, 0) is 24.3 Å². The number of rotatable bonds is 3. The van der Waals surface area contributed by atoms with Crippen molar-refractivity contribution in [2.75, 3.05) is 19.0 Å². The van der Waals surface area contributed by atoms with Crippen LogP contribution in [0.3, 0.4) is 0 Å². The molecule has 0 saturated heterocycles. The molecular weight excluding hydrogens is 264 g/mol. The van der Waals surface area contributed by atoms with Crippen LogP contribution in [0.5, 0.6) is 0 Å². The van der Waals surface area contributed by atoms with E-state index in [1.54, 1.807) is 11.0 Å². The monoisotopic (exact) mass is 280 g/mol. The largest absolute Gasteiger partial charge is 1.00 e. The molecule has 0 unspecified atom stereocenters. The molecule has 0 N–H and O–H groups in total. The number of aryl methyl sites for hydroxylation is 2. The number of anilines is 1. The van der Waals surface area contributed by atoms with Gasteiger partial charge in [-0.15, -0.1) is 4.68 Å². The summed E-state index contributed by atoms with van der Waals surface area (Å²) in [6.07, 6.45) is 1.70. The number of nitrogens with zero attached hydrogens (tertiary/aromatic N) is 6. The van der Waals surface area contributed by atoms with Crippen molar-refractivity contribution in [3.05, 3.63) is 30.6 Å². The second-order valence-corrected chi connectivity index (χ2v) is 4.28. The highest BCUT2D eigenvalue weighted by molar-refractivity contribution is 5.51. The molecule has 0 aliphatic heterocycles. The number of aromatic nitrogens is 3. The van der Waals surface area contributed by atoms with Gasteiger partial charge in [-0.25, -0.2) is 4.57 Å².